The molecule has 1 aliphatic heterocycles. The number of likely N-dealkylation sites (tertiary alicyclic amines) is 1. The molecule has 2 N–H and O–H groups in total. The number of nitrogens with zero attached hydrogens (tertiary/aromatic N) is 4. The Hall–Kier alpha value is -2.87. The molecule has 4 rings (SSSR count). The van der Waals surface area contributed by atoms with Gasteiger partial charge in [-0.05, 0) is 38.1 Å². The average Bonchev–Trinajstić information content (AvgIpc) is 3.13. The number of nitrogen functional groups attached to an aromatic ring is 1. The van der Waals surface area contributed by atoms with Crippen molar-refractivity contribution in [1.82, 2.24) is 19.0 Å². The summed E-state index contributed by atoms with van der Waals surface area (Å²) < 4.78 is 8.33. The van der Waals surface area contributed by atoms with E-state index in [9.17, 15) is 9.59 Å². The Balaban J connectivity index is 1.49. The van der Waals surface area contributed by atoms with Gasteiger partial charge in [-0.2, -0.15) is 0 Å². The number of para-hydroxylation sites is 2. The zero-order chi connectivity index (χ0) is 19.1. The van der Waals surface area contributed by atoms with Crippen LogP contribution >= 0.6 is 0 Å². The van der Waals surface area contributed by atoms with Crippen LogP contribution in [0.15, 0.2) is 38.3 Å². The van der Waals surface area contributed by atoms with Crippen LogP contribution in [-0.4, -0.2) is 32.1 Å². The predicted octanol–water partition coefficient (Wildman–Crippen LogP) is 1.19. The number of hydrogen-bond acceptors (Lipinski definition) is 6. The quantitative estimate of drug-likeness (QED) is 0.744. The first-order valence-corrected chi connectivity index (χ1v) is 9.08. The lowest BCUT2D eigenvalue weighted by molar-refractivity contribution is 0.193. The SMILES string of the molecule is Cn1c(N)c(CN2CCC(c3nc4ccccc4o3)CC2)c(=O)n(C)c1=O. The minimum absolute atomic E-state index is 0.240. The summed E-state index contributed by atoms with van der Waals surface area (Å²) in [5.74, 6) is 1.30. The van der Waals surface area contributed by atoms with Crippen LogP contribution in [0.5, 0.6) is 0 Å². The van der Waals surface area contributed by atoms with Crippen molar-refractivity contribution in [2.45, 2.75) is 25.3 Å². The van der Waals surface area contributed by atoms with Gasteiger partial charge < -0.3 is 10.2 Å². The molecule has 2 aromatic heterocycles. The number of anilines is 1. The molecular formula is C19H23N5O3. The Morgan fingerprint density at radius 1 is 1.15 bits per heavy atom. The molecule has 1 aliphatic rings. The van der Waals surface area contributed by atoms with Gasteiger partial charge in [0, 0.05) is 26.6 Å². The van der Waals surface area contributed by atoms with Crippen molar-refractivity contribution >= 4 is 16.9 Å². The van der Waals surface area contributed by atoms with Crippen molar-refractivity contribution in [2.75, 3.05) is 18.8 Å². The van der Waals surface area contributed by atoms with Crippen molar-refractivity contribution in [3.8, 4) is 0 Å². The van der Waals surface area contributed by atoms with Gasteiger partial charge in [0.25, 0.3) is 5.56 Å². The summed E-state index contributed by atoms with van der Waals surface area (Å²) in [5, 5.41) is 0. The van der Waals surface area contributed by atoms with Crippen molar-refractivity contribution in [3.63, 3.8) is 0 Å². The number of benzene rings is 1. The second kappa shape index (κ2) is 6.70. The number of fused-ring (bicyclic) bond motifs is 1. The van der Waals surface area contributed by atoms with Gasteiger partial charge in [0.05, 0.1) is 5.56 Å². The Bertz CT molecular complexity index is 1070. The van der Waals surface area contributed by atoms with Gasteiger partial charge in [0.15, 0.2) is 11.5 Å². The third-order valence-electron chi connectivity index (χ3n) is 5.44. The van der Waals surface area contributed by atoms with Crippen LogP contribution in [0.4, 0.5) is 5.82 Å². The van der Waals surface area contributed by atoms with Gasteiger partial charge in [-0.15, -0.1) is 0 Å². The minimum atomic E-state index is -0.407. The number of oxazole rings is 1. The summed E-state index contributed by atoms with van der Waals surface area (Å²) in [5.41, 5.74) is 7.47. The maximum atomic E-state index is 12.4. The molecule has 0 unspecified atom stereocenters. The number of nitrogens with two attached hydrogens (primary N) is 1. The normalized spacial score (nSPS) is 16.2. The molecule has 8 heteroatoms. The average molecular weight is 369 g/mol. The number of aromatic nitrogens is 3. The van der Waals surface area contributed by atoms with E-state index in [4.69, 9.17) is 10.2 Å². The fraction of sp³-hybridized carbons (Fsp3) is 0.421. The van der Waals surface area contributed by atoms with E-state index >= 15 is 0 Å². The zero-order valence-electron chi connectivity index (χ0n) is 15.5. The highest BCUT2D eigenvalue weighted by atomic mass is 16.3. The summed E-state index contributed by atoms with van der Waals surface area (Å²) in [4.78, 5) is 31.2. The first-order valence-electron chi connectivity index (χ1n) is 9.08. The highest BCUT2D eigenvalue weighted by Gasteiger charge is 2.26. The van der Waals surface area contributed by atoms with Gasteiger partial charge in [-0.25, -0.2) is 9.78 Å². The molecule has 0 amide bonds. The van der Waals surface area contributed by atoms with E-state index in [1.165, 1.54) is 11.6 Å². The van der Waals surface area contributed by atoms with Gasteiger partial charge in [-0.1, -0.05) is 12.1 Å². The maximum Gasteiger partial charge on any atom is 0.332 e. The molecular weight excluding hydrogens is 346 g/mol. The van der Waals surface area contributed by atoms with E-state index < -0.39 is 5.69 Å². The summed E-state index contributed by atoms with van der Waals surface area (Å²) in [6, 6.07) is 7.78. The topological polar surface area (TPSA) is 99.3 Å². The minimum Gasteiger partial charge on any atom is -0.440 e. The second-order valence-corrected chi connectivity index (χ2v) is 7.14. The molecule has 0 radical (unpaired) electrons. The van der Waals surface area contributed by atoms with E-state index in [1.54, 1.807) is 7.05 Å². The molecule has 1 saturated heterocycles. The van der Waals surface area contributed by atoms with Crippen molar-refractivity contribution in [1.29, 1.82) is 0 Å². The molecule has 8 nitrogen and oxygen atoms in total. The fourth-order valence-electron chi connectivity index (χ4n) is 3.70. The van der Waals surface area contributed by atoms with Crippen LogP contribution in [0.3, 0.4) is 0 Å². The Kier molecular flexibility index (Phi) is 4.35. The highest BCUT2D eigenvalue weighted by molar-refractivity contribution is 5.72. The molecule has 142 valence electrons. The highest BCUT2D eigenvalue weighted by Crippen LogP contribution is 2.30. The summed E-state index contributed by atoms with van der Waals surface area (Å²) in [6.45, 7) is 2.07. The van der Waals surface area contributed by atoms with Gasteiger partial charge in [0.1, 0.15) is 11.3 Å². The number of piperidine rings is 1. The molecule has 0 spiro atoms. The molecule has 1 aromatic carbocycles. The second-order valence-electron chi connectivity index (χ2n) is 7.14. The monoisotopic (exact) mass is 369 g/mol. The van der Waals surface area contributed by atoms with Gasteiger partial charge in [-0.3, -0.25) is 18.8 Å². The van der Waals surface area contributed by atoms with Gasteiger partial charge >= 0.3 is 5.69 Å². The van der Waals surface area contributed by atoms with Crippen LogP contribution in [-0.2, 0) is 20.6 Å². The van der Waals surface area contributed by atoms with Crippen molar-refractivity contribution < 1.29 is 4.42 Å². The van der Waals surface area contributed by atoms with Crippen LogP contribution in [0.1, 0.15) is 30.2 Å². The lowest BCUT2D eigenvalue weighted by atomic mass is 9.96. The fourth-order valence-corrected chi connectivity index (χ4v) is 3.70. The summed E-state index contributed by atoms with van der Waals surface area (Å²) >= 11 is 0. The van der Waals surface area contributed by atoms with Gasteiger partial charge in [0.2, 0.25) is 0 Å². The molecule has 27 heavy (non-hydrogen) atoms. The molecule has 3 aromatic rings. The molecule has 0 atom stereocenters. The van der Waals surface area contributed by atoms with E-state index in [1.807, 2.05) is 24.3 Å². The number of rotatable bonds is 3. The van der Waals surface area contributed by atoms with Crippen LogP contribution in [0.2, 0.25) is 0 Å². The smallest absolute Gasteiger partial charge is 0.332 e. The molecule has 0 bridgehead atoms. The van der Waals surface area contributed by atoms with E-state index in [0.29, 0.717) is 12.1 Å². The number of hydrogen-bond donors (Lipinski definition) is 1. The van der Waals surface area contributed by atoms with E-state index in [2.05, 4.69) is 9.88 Å². The van der Waals surface area contributed by atoms with E-state index in [-0.39, 0.29) is 17.3 Å². The van der Waals surface area contributed by atoms with Crippen LogP contribution in [0, 0.1) is 0 Å². The zero-order valence-corrected chi connectivity index (χ0v) is 15.5. The molecule has 0 saturated carbocycles. The predicted molar refractivity (Wildman–Crippen MR) is 103 cm³/mol. The molecule has 0 aliphatic carbocycles. The van der Waals surface area contributed by atoms with Crippen LogP contribution < -0.4 is 17.0 Å². The third kappa shape index (κ3) is 3.06. The van der Waals surface area contributed by atoms with Crippen molar-refractivity contribution in [2.24, 2.45) is 14.1 Å². The maximum absolute atomic E-state index is 12.4. The standard InChI is InChI=1S/C19H23N5O3/c1-22-16(20)13(18(25)23(2)19(22)26)11-24-9-7-12(8-10-24)17-21-14-5-3-4-6-15(14)27-17/h3-6,12H,7-11,20H2,1-2H3. The largest absolute Gasteiger partial charge is 0.440 e. The third-order valence-corrected chi connectivity index (χ3v) is 5.44. The van der Waals surface area contributed by atoms with Crippen molar-refractivity contribution in [3.05, 3.63) is 56.6 Å². The Morgan fingerprint density at radius 2 is 1.85 bits per heavy atom. The first-order chi connectivity index (χ1) is 13.0. The summed E-state index contributed by atoms with van der Waals surface area (Å²) in [6.07, 6.45) is 1.80. The van der Waals surface area contributed by atoms with Crippen LogP contribution in [0.25, 0.3) is 11.1 Å². The Labute approximate surface area is 155 Å². The summed E-state index contributed by atoms with van der Waals surface area (Å²) in [7, 11) is 3.06. The van der Waals surface area contributed by atoms with E-state index in [0.717, 1.165) is 47.5 Å². The Morgan fingerprint density at radius 3 is 2.56 bits per heavy atom. The molecule has 3 heterocycles. The first kappa shape index (κ1) is 17.5. The lowest BCUT2D eigenvalue weighted by Gasteiger charge is -2.30. The lowest BCUT2D eigenvalue weighted by Crippen LogP contribution is -2.43. The molecule has 1 fully saturated rings.